The van der Waals surface area contributed by atoms with E-state index in [1.165, 1.54) is 17.8 Å². The highest BCUT2D eigenvalue weighted by Crippen LogP contribution is 2.29. The molecule has 0 atom stereocenters. The molecule has 30 heavy (non-hydrogen) atoms. The molecule has 0 spiro atoms. The third-order valence-electron chi connectivity index (χ3n) is 4.67. The van der Waals surface area contributed by atoms with Crippen molar-refractivity contribution < 1.29 is 19.3 Å². The van der Waals surface area contributed by atoms with Gasteiger partial charge in [0.15, 0.2) is 6.61 Å². The molecule has 1 aliphatic rings. The Morgan fingerprint density at radius 3 is 2.67 bits per heavy atom. The van der Waals surface area contributed by atoms with Gasteiger partial charge in [-0.1, -0.05) is 30.3 Å². The number of nitrogens with zero attached hydrogens (tertiary/aromatic N) is 3. The van der Waals surface area contributed by atoms with Crippen LogP contribution in [0.25, 0.3) is 0 Å². The number of oxime groups is 1. The van der Waals surface area contributed by atoms with Crippen LogP contribution in [0.1, 0.15) is 18.1 Å². The Hall–Kier alpha value is -3.46. The number of benzene rings is 2. The molecule has 3 rings (SSSR count). The fraction of sp³-hybridized carbons (Fsp3) is 0.333. The molecule has 0 radical (unpaired) electrons. The summed E-state index contributed by atoms with van der Waals surface area (Å²) < 4.78 is 5.30. The average molecular weight is 412 g/mol. The highest BCUT2D eigenvalue weighted by Gasteiger charge is 2.21. The van der Waals surface area contributed by atoms with Crippen LogP contribution in [0.4, 0.5) is 17.1 Å². The smallest absolute Gasteiger partial charge is 0.293 e. The summed E-state index contributed by atoms with van der Waals surface area (Å²) in [5.74, 6) is -0.343. The largest absolute Gasteiger partial charge is 0.386 e. The first-order chi connectivity index (χ1) is 14.6. The Kier molecular flexibility index (Phi) is 7.34. The Bertz CT molecular complexity index is 908. The molecule has 0 bridgehead atoms. The van der Waals surface area contributed by atoms with E-state index in [0.29, 0.717) is 43.2 Å². The first-order valence-electron chi connectivity index (χ1n) is 9.72. The van der Waals surface area contributed by atoms with Crippen LogP contribution < -0.4 is 10.2 Å². The number of aryl methyl sites for hydroxylation is 1. The van der Waals surface area contributed by atoms with Crippen LogP contribution in [0.15, 0.2) is 47.6 Å². The summed E-state index contributed by atoms with van der Waals surface area (Å²) in [6.45, 7) is 4.09. The van der Waals surface area contributed by atoms with Crippen molar-refractivity contribution in [1.82, 2.24) is 0 Å². The van der Waals surface area contributed by atoms with Gasteiger partial charge in [0.05, 0.1) is 24.4 Å². The molecule has 1 aliphatic heterocycles. The monoisotopic (exact) mass is 412 g/mol. The maximum atomic E-state index is 11.9. The van der Waals surface area contributed by atoms with Crippen molar-refractivity contribution in [1.29, 1.82) is 0 Å². The van der Waals surface area contributed by atoms with E-state index in [0.717, 1.165) is 6.42 Å². The third kappa shape index (κ3) is 5.77. The maximum absolute atomic E-state index is 11.9. The second-order valence-corrected chi connectivity index (χ2v) is 6.71. The summed E-state index contributed by atoms with van der Waals surface area (Å²) in [6.07, 6.45) is 2.27. The zero-order chi connectivity index (χ0) is 21.3. The number of carbonyl (C=O) groups excluding carboxylic acids is 1. The summed E-state index contributed by atoms with van der Waals surface area (Å²) in [4.78, 5) is 29.9. The lowest BCUT2D eigenvalue weighted by atomic mass is 10.1. The van der Waals surface area contributed by atoms with Gasteiger partial charge in [-0.15, -0.1) is 0 Å². The zero-order valence-electron chi connectivity index (χ0n) is 16.7. The first-order valence-corrected chi connectivity index (χ1v) is 9.72. The van der Waals surface area contributed by atoms with Crippen LogP contribution in [-0.4, -0.2) is 50.0 Å². The number of nitro groups is 1. The van der Waals surface area contributed by atoms with Crippen molar-refractivity contribution in [2.75, 3.05) is 43.1 Å². The standard InChI is InChI=1S/C21H24N4O5/c1-2-16-3-6-18(7-4-16)23-21(26)15-30-22-14-17-5-8-19(20(13-17)25(27)28)24-9-11-29-12-10-24/h3-8,13-14H,2,9-12,15H2,1H3,(H,23,26)/b22-14-. The lowest BCUT2D eigenvalue weighted by Crippen LogP contribution is -2.36. The zero-order valence-corrected chi connectivity index (χ0v) is 16.7. The quantitative estimate of drug-likeness (QED) is 0.406. The van der Waals surface area contributed by atoms with E-state index in [2.05, 4.69) is 17.4 Å². The Balaban J connectivity index is 1.55. The second kappa shape index (κ2) is 10.4. The predicted octanol–water partition coefficient (Wildman–Crippen LogP) is 2.98. The fourth-order valence-corrected chi connectivity index (χ4v) is 3.05. The van der Waals surface area contributed by atoms with Gasteiger partial charge in [0.2, 0.25) is 0 Å². The number of ether oxygens (including phenoxy) is 1. The summed E-state index contributed by atoms with van der Waals surface area (Å²) >= 11 is 0. The van der Waals surface area contributed by atoms with Crippen LogP contribution in [-0.2, 0) is 20.8 Å². The molecule has 0 aromatic heterocycles. The van der Waals surface area contributed by atoms with Crippen molar-refractivity contribution in [3.63, 3.8) is 0 Å². The normalized spacial score (nSPS) is 14.0. The number of anilines is 2. The molecule has 9 heteroatoms. The van der Waals surface area contributed by atoms with Crippen molar-refractivity contribution >= 4 is 29.2 Å². The van der Waals surface area contributed by atoms with Gasteiger partial charge in [-0.3, -0.25) is 14.9 Å². The number of morpholine rings is 1. The second-order valence-electron chi connectivity index (χ2n) is 6.71. The molecule has 1 heterocycles. The highest BCUT2D eigenvalue weighted by atomic mass is 16.6. The molecule has 0 saturated carbocycles. The van der Waals surface area contributed by atoms with Gasteiger partial charge in [-0.2, -0.15) is 0 Å². The minimum absolute atomic E-state index is 0.00545. The molecule has 2 aromatic rings. The van der Waals surface area contributed by atoms with Gasteiger partial charge in [-0.05, 0) is 30.2 Å². The van der Waals surface area contributed by atoms with Crippen molar-refractivity contribution in [2.45, 2.75) is 13.3 Å². The molecule has 1 amide bonds. The van der Waals surface area contributed by atoms with E-state index in [-0.39, 0.29) is 18.2 Å². The van der Waals surface area contributed by atoms with Gasteiger partial charge < -0.3 is 19.8 Å². The molecule has 9 nitrogen and oxygen atoms in total. The topological polar surface area (TPSA) is 106 Å². The van der Waals surface area contributed by atoms with Gasteiger partial charge in [0.1, 0.15) is 5.69 Å². The number of hydrogen-bond acceptors (Lipinski definition) is 7. The van der Waals surface area contributed by atoms with E-state index >= 15 is 0 Å². The van der Waals surface area contributed by atoms with E-state index in [1.54, 1.807) is 12.1 Å². The van der Waals surface area contributed by atoms with Crippen molar-refractivity contribution in [3.8, 4) is 0 Å². The predicted molar refractivity (Wildman–Crippen MR) is 114 cm³/mol. The first kappa shape index (κ1) is 21.3. The van der Waals surface area contributed by atoms with Crippen molar-refractivity contribution in [2.24, 2.45) is 5.16 Å². The maximum Gasteiger partial charge on any atom is 0.293 e. The summed E-state index contributed by atoms with van der Waals surface area (Å²) in [7, 11) is 0. The number of carbonyl (C=O) groups is 1. The highest BCUT2D eigenvalue weighted by molar-refractivity contribution is 5.91. The summed E-state index contributed by atoms with van der Waals surface area (Å²) in [6, 6.07) is 12.4. The lowest BCUT2D eigenvalue weighted by Gasteiger charge is -2.28. The minimum atomic E-state index is -0.416. The number of amides is 1. The van der Waals surface area contributed by atoms with Crippen LogP contribution >= 0.6 is 0 Å². The summed E-state index contributed by atoms with van der Waals surface area (Å²) in [5.41, 5.74) is 2.92. The van der Waals surface area contributed by atoms with Crippen LogP contribution in [0.3, 0.4) is 0 Å². The molecular formula is C21H24N4O5. The molecule has 158 valence electrons. The van der Waals surface area contributed by atoms with Crippen LogP contribution in [0.5, 0.6) is 0 Å². The fourth-order valence-electron chi connectivity index (χ4n) is 3.05. The molecule has 1 N–H and O–H groups in total. The average Bonchev–Trinajstić information content (AvgIpc) is 2.77. The molecule has 0 aliphatic carbocycles. The molecular weight excluding hydrogens is 388 g/mol. The van der Waals surface area contributed by atoms with Gasteiger partial charge in [-0.25, -0.2) is 0 Å². The van der Waals surface area contributed by atoms with Gasteiger partial charge in [0.25, 0.3) is 11.6 Å². The molecule has 1 fully saturated rings. The number of rotatable bonds is 8. The number of hydrogen-bond donors (Lipinski definition) is 1. The Morgan fingerprint density at radius 1 is 1.27 bits per heavy atom. The summed E-state index contributed by atoms with van der Waals surface area (Å²) in [5, 5.41) is 17.9. The Morgan fingerprint density at radius 2 is 2.00 bits per heavy atom. The molecule has 1 saturated heterocycles. The van der Waals surface area contributed by atoms with E-state index in [1.807, 2.05) is 29.2 Å². The van der Waals surface area contributed by atoms with Crippen LogP contribution in [0.2, 0.25) is 0 Å². The van der Waals surface area contributed by atoms with E-state index < -0.39 is 4.92 Å². The van der Waals surface area contributed by atoms with E-state index in [9.17, 15) is 14.9 Å². The SMILES string of the molecule is CCc1ccc(NC(=O)CO/N=C\c2ccc(N3CCOCC3)c([N+](=O)[O-])c2)cc1. The number of nitro benzene ring substituents is 1. The third-order valence-corrected chi connectivity index (χ3v) is 4.67. The Labute approximate surface area is 174 Å². The van der Waals surface area contributed by atoms with E-state index in [4.69, 9.17) is 9.57 Å². The van der Waals surface area contributed by atoms with Crippen molar-refractivity contribution in [3.05, 3.63) is 63.7 Å². The number of nitrogens with one attached hydrogen (secondary N) is 1. The molecule has 2 aromatic carbocycles. The molecule has 0 unspecified atom stereocenters. The lowest BCUT2D eigenvalue weighted by molar-refractivity contribution is -0.384. The minimum Gasteiger partial charge on any atom is -0.386 e. The van der Waals surface area contributed by atoms with Gasteiger partial charge in [0, 0.05) is 30.4 Å². The van der Waals surface area contributed by atoms with Gasteiger partial charge >= 0.3 is 0 Å². The van der Waals surface area contributed by atoms with Crippen LogP contribution in [0, 0.1) is 10.1 Å².